The molecular weight excluding hydrogens is 366 g/mol. The maximum Gasteiger partial charge on any atom is 0.343 e. The Kier molecular flexibility index (Phi) is 6.29. The zero-order valence-electron chi connectivity index (χ0n) is 16.6. The van der Waals surface area contributed by atoms with Crippen molar-refractivity contribution in [3.63, 3.8) is 0 Å². The fourth-order valence-corrected chi connectivity index (χ4v) is 3.01. The third-order valence-corrected chi connectivity index (χ3v) is 4.60. The molecule has 0 fully saturated rings. The minimum atomic E-state index is -0.508. The van der Waals surface area contributed by atoms with Crippen LogP contribution in [0.1, 0.15) is 25.0 Å². The molecule has 0 aliphatic carbocycles. The van der Waals surface area contributed by atoms with Crippen molar-refractivity contribution in [2.75, 3.05) is 18.0 Å². The molecule has 1 aromatic heterocycles. The molecule has 0 radical (unpaired) electrons. The van der Waals surface area contributed by atoms with Gasteiger partial charge in [0.05, 0.1) is 5.56 Å². The molecule has 5 nitrogen and oxygen atoms in total. The minimum Gasteiger partial charge on any atom is -0.423 e. The smallest absolute Gasteiger partial charge is 0.343 e. The van der Waals surface area contributed by atoms with Gasteiger partial charge in [0.25, 0.3) is 0 Å². The van der Waals surface area contributed by atoms with Crippen LogP contribution >= 0.6 is 0 Å². The van der Waals surface area contributed by atoms with Gasteiger partial charge >= 0.3 is 11.6 Å². The molecule has 0 saturated heterocycles. The van der Waals surface area contributed by atoms with Crippen LogP contribution in [-0.4, -0.2) is 19.1 Å². The lowest BCUT2D eigenvalue weighted by atomic mass is 10.1. The Bertz CT molecular complexity index is 1110. The molecule has 2 aromatic carbocycles. The van der Waals surface area contributed by atoms with Gasteiger partial charge in [0.2, 0.25) is 0 Å². The lowest BCUT2D eigenvalue weighted by Crippen LogP contribution is -2.21. The summed E-state index contributed by atoms with van der Waals surface area (Å²) < 4.78 is 10.6. The van der Waals surface area contributed by atoms with Crippen molar-refractivity contribution in [1.82, 2.24) is 0 Å². The quantitative estimate of drug-likeness (QED) is 0.249. The van der Waals surface area contributed by atoms with E-state index in [0.29, 0.717) is 16.9 Å². The zero-order valence-corrected chi connectivity index (χ0v) is 16.6. The molecule has 0 unspecified atom stereocenters. The van der Waals surface area contributed by atoms with Crippen LogP contribution in [-0.2, 0) is 4.79 Å². The number of carbonyl (C=O) groups is 1. The molecule has 0 aliphatic heterocycles. The number of fused-ring (bicyclic) bond motifs is 1. The molecule has 0 amide bonds. The summed E-state index contributed by atoms with van der Waals surface area (Å²) in [5.41, 5.74) is 2.55. The van der Waals surface area contributed by atoms with Gasteiger partial charge < -0.3 is 14.1 Å². The molecule has 0 atom stereocenters. The molecule has 5 heteroatoms. The van der Waals surface area contributed by atoms with Crippen molar-refractivity contribution in [1.29, 1.82) is 0 Å². The third-order valence-electron chi connectivity index (χ3n) is 4.60. The van der Waals surface area contributed by atoms with Crippen LogP contribution in [0.2, 0.25) is 0 Å². The number of hydrogen-bond donors (Lipinski definition) is 0. The number of nitrogens with zero attached hydrogens (tertiary/aromatic N) is 1. The molecule has 148 valence electrons. The molecular formula is C24H23NO4. The highest BCUT2D eigenvalue weighted by atomic mass is 16.5. The summed E-state index contributed by atoms with van der Waals surface area (Å²) in [6, 6.07) is 14.7. The largest absolute Gasteiger partial charge is 0.423 e. The van der Waals surface area contributed by atoms with E-state index in [4.69, 9.17) is 9.15 Å². The summed E-state index contributed by atoms with van der Waals surface area (Å²) in [5.74, 6) is -0.0764. The Balaban J connectivity index is 1.83. The molecule has 0 N–H and O–H groups in total. The van der Waals surface area contributed by atoms with Gasteiger partial charge in [0, 0.05) is 36.3 Å². The summed E-state index contributed by atoms with van der Waals surface area (Å²) in [5, 5.41) is 0.867. The highest BCUT2D eigenvalue weighted by Gasteiger charge is 2.07. The summed E-state index contributed by atoms with van der Waals surface area (Å²) >= 11 is 0. The SMILES string of the molecule is C=CC(=O)Oc1ccc(/C=C/c2cc3ccc(N(CC)CC)cc3oc2=O)cc1. The first-order valence-electron chi connectivity index (χ1n) is 9.49. The summed E-state index contributed by atoms with van der Waals surface area (Å²) in [6.45, 7) is 9.32. The van der Waals surface area contributed by atoms with E-state index < -0.39 is 5.97 Å². The Hall–Kier alpha value is -3.60. The molecule has 1 heterocycles. The Morgan fingerprint density at radius 2 is 1.79 bits per heavy atom. The maximum absolute atomic E-state index is 12.4. The molecule has 0 aliphatic rings. The lowest BCUT2D eigenvalue weighted by Gasteiger charge is -2.20. The normalized spacial score (nSPS) is 11.0. The predicted molar refractivity (Wildman–Crippen MR) is 117 cm³/mol. The second-order valence-electron chi connectivity index (χ2n) is 6.41. The van der Waals surface area contributed by atoms with Crippen LogP contribution < -0.4 is 15.3 Å². The molecule has 0 saturated carbocycles. The molecule has 29 heavy (non-hydrogen) atoms. The predicted octanol–water partition coefficient (Wildman–Crippen LogP) is 4.90. The summed E-state index contributed by atoms with van der Waals surface area (Å²) in [7, 11) is 0. The third kappa shape index (κ3) is 4.82. The number of esters is 1. The average molecular weight is 389 g/mol. The van der Waals surface area contributed by atoms with Crippen molar-refractivity contribution < 1.29 is 13.9 Å². The first-order chi connectivity index (χ1) is 14.0. The van der Waals surface area contributed by atoms with Gasteiger partial charge in [-0.05, 0) is 55.8 Å². The highest BCUT2D eigenvalue weighted by molar-refractivity contribution is 5.84. The van der Waals surface area contributed by atoms with Gasteiger partial charge in [-0.25, -0.2) is 9.59 Å². The van der Waals surface area contributed by atoms with E-state index in [1.165, 1.54) is 0 Å². The molecule has 0 spiro atoms. The van der Waals surface area contributed by atoms with Crippen LogP contribution in [0.3, 0.4) is 0 Å². The minimum absolute atomic E-state index is 0.387. The molecule has 3 rings (SSSR count). The first kappa shape index (κ1) is 20.1. The van der Waals surface area contributed by atoms with Crippen molar-refractivity contribution in [2.24, 2.45) is 0 Å². The number of ether oxygens (including phenoxy) is 1. The first-order valence-corrected chi connectivity index (χ1v) is 9.49. The Morgan fingerprint density at radius 1 is 1.07 bits per heavy atom. The highest BCUT2D eigenvalue weighted by Crippen LogP contribution is 2.22. The van der Waals surface area contributed by atoms with Crippen LogP contribution in [0.25, 0.3) is 23.1 Å². The Morgan fingerprint density at radius 3 is 2.45 bits per heavy atom. The summed E-state index contributed by atoms with van der Waals surface area (Å²) in [4.78, 5) is 25.8. The number of benzene rings is 2. The maximum atomic E-state index is 12.4. The molecule has 3 aromatic rings. The van der Waals surface area contributed by atoms with E-state index >= 15 is 0 Å². The van der Waals surface area contributed by atoms with Gasteiger partial charge in [-0.2, -0.15) is 0 Å². The number of anilines is 1. The van der Waals surface area contributed by atoms with Gasteiger partial charge in [0.1, 0.15) is 11.3 Å². The van der Waals surface area contributed by atoms with Crippen LogP contribution in [0, 0.1) is 0 Å². The van der Waals surface area contributed by atoms with Gasteiger partial charge in [-0.15, -0.1) is 0 Å². The van der Waals surface area contributed by atoms with E-state index in [1.807, 2.05) is 30.3 Å². The van der Waals surface area contributed by atoms with Crippen LogP contribution in [0.4, 0.5) is 5.69 Å². The second kappa shape index (κ2) is 9.06. The van der Waals surface area contributed by atoms with E-state index in [2.05, 4.69) is 25.3 Å². The second-order valence-corrected chi connectivity index (χ2v) is 6.41. The lowest BCUT2D eigenvalue weighted by molar-refractivity contribution is -0.128. The summed E-state index contributed by atoms with van der Waals surface area (Å²) in [6.07, 6.45) is 4.63. The average Bonchev–Trinajstić information content (AvgIpc) is 2.74. The number of carbonyl (C=O) groups excluding carboxylic acids is 1. The Labute approximate surface area is 169 Å². The van der Waals surface area contributed by atoms with Crippen LogP contribution in [0.15, 0.2) is 70.4 Å². The van der Waals surface area contributed by atoms with Crippen molar-refractivity contribution >= 4 is 34.8 Å². The van der Waals surface area contributed by atoms with Gasteiger partial charge in [-0.1, -0.05) is 24.8 Å². The van der Waals surface area contributed by atoms with Gasteiger partial charge in [0.15, 0.2) is 0 Å². The zero-order chi connectivity index (χ0) is 20.8. The van der Waals surface area contributed by atoms with E-state index in [-0.39, 0.29) is 5.63 Å². The number of rotatable bonds is 7. The standard InChI is InChI=1S/C24H23NO4/c1-4-23(26)28-21-13-8-17(9-14-21)7-10-19-15-18-11-12-20(25(5-2)6-3)16-22(18)29-24(19)27/h4,7-16H,1,5-6H2,2-3H3/b10-7+. The number of hydrogen-bond acceptors (Lipinski definition) is 5. The van der Waals surface area contributed by atoms with E-state index in [9.17, 15) is 9.59 Å². The fourth-order valence-electron chi connectivity index (χ4n) is 3.01. The van der Waals surface area contributed by atoms with Crippen LogP contribution in [0.5, 0.6) is 5.75 Å². The molecule has 0 bridgehead atoms. The van der Waals surface area contributed by atoms with E-state index in [0.717, 1.165) is 35.8 Å². The van der Waals surface area contributed by atoms with Crippen molar-refractivity contribution in [2.45, 2.75) is 13.8 Å². The monoisotopic (exact) mass is 389 g/mol. The van der Waals surface area contributed by atoms with Crippen molar-refractivity contribution in [3.8, 4) is 5.75 Å². The van der Waals surface area contributed by atoms with Gasteiger partial charge in [-0.3, -0.25) is 0 Å². The van der Waals surface area contributed by atoms with E-state index in [1.54, 1.807) is 30.3 Å². The fraction of sp³-hybridized carbons (Fsp3) is 0.167. The van der Waals surface area contributed by atoms with Crippen molar-refractivity contribution in [3.05, 3.63) is 82.7 Å². The topological polar surface area (TPSA) is 59.8 Å².